The molecule has 0 spiro atoms. The average molecular weight is 763 g/mol. The third-order valence-electron chi connectivity index (χ3n) is 13.3. The molecule has 280 valence electrons. The van der Waals surface area contributed by atoms with E-state index < -0.39 is 0 Å². The molecule has 6 saturated heterocycles. The highest BCUT2D eigenvalue weighted by atomic mass is 35.5. The van der Waals surface area contributed by atoms with Crippen LogP contribution in [0.15, 0.2) is 53.9 Å². The van der Waals surface area contributed by atoms with Crippen LogP contribution >= 0.6 is 35.1 Å². The summed E-state index contributed by atoms with van der Waals surface area (Å²) in [5.74, 6) is 4.04. The van der Waals surface area contributed by atoms with Gasteiger partial charge in [-0.1, -0.05) is 36.4 Å². The number of thiophene rings is 2. The molecule has 6 nitrogen and oxygen atoms in total. The van der Waals surface area contributed by atoms with E-state index in [0.29, 0.717) is 17.7 Å². The van der Waals surface area contributed by atoms with Gasteiger partial charge in [0, 0.05) is 32.9 Å². The van der Waals surface area contributed by atoms with Gasteiger partial charge in [0.25, 0.3) is 0 Å². The fourth-order valence-corrected chi connectivity index (χ4v) is 11.9. The molecule has 6 aliphatic heterocycles. The van der Waals surface area contributed by atoms with Crippen LogP contribution in [0.3, 0.4) is 0 Å². The van der Waals surface area contributed by atoms with E-state index in [1.807, 2.05) is 11.3 Å². The van der Waals surface area contributed by atoms with Crippen molar-refractivity contribution in [2.24, 2.45) is 23.5 Å². The third-order valence-corrected chi connectivity index (χ3v) is 15.5. The molecule has 52 heavy (non-hydrogen) atoms. The number of carbonyl (C=O) groups is 1. The fraction of sp³-hybridized carbons (Fsp3) is 0.581. The van der Waals surface area contributed by atoms with Gasteiger partial charge in [0.15, 0.2) is 5.78 Å². The highest BCUT2D eigenvalue weighted by Gasteiger charge is 2.48. The Morgan fingerprint density at radius 3 is 1.77 bits per heavy atom. The van der Waals surface area contributed by atoms with Crippen LogP contribution in [0.25, 0.3) is 20.2 Å². The van der Waals surface area contributed by atoms with E-state index in [9.17, 15) is 4.79 Å². The van der Waals surface area contributed by atoms with E-state index in [2.05, 4.69) is 91.4 Å². The summed E-state index contributed by atoms with van der Waals surface area (Å²) < 4.78 is 2.88. The number of fused-ring (bicyclic) bond motifs is 8. The number of Topliss-reactive ketones (excluding diaryl/α,β-unsaturated/α-hetero) is 1. The van der Waals surface area contributed by atoms with Gasteiger partial charge in [-0.15, -0.1) is 35.1 Å². The molecule has 2 atom stereocenters. The number of nitrogens with two attached hydrogens (primary N) is 1. The van der Waals surface area contributed by atoms with Gasteiger partial charge in [-0.25, -0.2) is 0 Å². The summed E-state index contributed by atoms with van der Waals surface area (Å²) in [5, 5.41) is 4.88. The molecule has 0 amide bonds. The van der Waals surface area contributed by atoms with Crippen molar-refractivity contribution in [3.05, 3.63) is 69.9 Å². The Labute approximate surface area is 323 Å². The molecule has 2 aromatic carbocycles. The van der Waals surface area contributed by atoms with Gasteiger partial charge in [0.05, 0.1) is 4.88 Å². The lowest BCUT2D eigenvalue weighted by Crippen LogP contribution is -2.67. The molecule has 4 bridgehead atoms. The topological polar surface area (TPSA) is 83.7 Å². The normalized spacial score (nSPS) is 28.9. The van der Waals surface area contributed by atoms with Crippen LogP contribution in [-0.2, 0) is 9.59 Å². The van der Waals surface area contributed by atoms with Crippen LogP contribution in [0.4, 0.5) is 0 Å². The Hall–Kier alpha value is -2.42. The molecule has 8 heterocycles. The summed E-state index contributed by atoms with van der Waals surface area (Å²) in [7, 11) is 0. The highest BCUT2D eigenvalue weighted by molar-refractivity contribution is 7.21. The molecular formula is C43H56ClN3O3S2. The van der Waals surface area contributed by atoms with Crippen molar-refractivity contribution in [2.45, 2.75) is 114 Å². The van der Waals surface area contributed by atoms with Crippen molar-refractivity contribution < 1.29 is 14.4 Å². The Balaban J connectivity index is 0.000000143. The first kappa shape index (κ1) is 39.3. The number of hydrogen-bond acceptors (Lipinski definition) is 8. The fourth-order valence-electron chi connectivity index (χ4n) is 9.70. The number of rotatable bonds is 5. The van der Waals surface area contributed by atoms with Crippen molar-refractivity contribution in [1.82, 2.24) is 9.80 Å². The maximum atomic E-state index is 13.1. The number of ketones is 1. The second-order valence-corrected chi connectivity index (χ2v) is 18.9. The third kappa shape index (κ3) is 8.00. The number of carbonyl (C=O) groups excluding carboxylic acids is 3. The summed E-state index contributed by atoms with van der Waals surface area (Å²) in [6.45, 7) is 14.2. The molecule has 0 unspecified atom stereocenters. The lowest BCUT2D eigenvalue weighted by Gasteiger charge is -2.56. The highest BCUT2D eigenvalue weighted by Crippen LogP contribution is 2.48. The second-order valence-electron chi connectivity index (χ2n) is 16.9. The monoisotopic (exact) mass is 761 g/mol. The molecule has 9 heteroatoms. The Morgan fingerprint density at radius 1 is 0.750 bits per heavy atom. The minimum Gasteiger partial charge on any atom is -0.326 e. The van der Waals surface area contributed by atoms with Gasteiger partial charge in [-0.3, -0.25) is 14.6 Å². The molecule has 2 aromatic heterocycles. The van der Waals surface area contributed by atoms with Crippen LogP contribution in [0.1, 0.15) is 118 Å². The Kier molecular flexibility index (Phi) is 12.2. The average Bonchev–Trinajstić information content (AvgIpc) is 4.06. The molecular weight excluding hydrogens is 706 g/mol. The lowest BCUT2D eigenvalue weighted by atomic mass is 9.65. The standard InChI is InChI=1S/C22H27NOS.C11H10S.C9H18N2.CO2.ClH/c1-22(2)18(15-8-10-23(22)11-9-15)13-19(24)20-12-16-4-3-5-17(14-6-7-14)21(16)25-20;1-2-9-6-7-12-11(9)10(3-1)8-4-5-8;1-9(2)8(10)7-3-5-11(9)6-4-7;2-1-3;/h3-5,12,14-15,18H,6-11,13H2,1-2H3;1-3,6-8H,4-5H2;7-8H,3-6,10H2,1-2H3;;1H/t18-;;8-;;/m1.1../s1. The number of hydrogen-bond donors (Lipinski definition) is 1. The van der Waals surface area contributed by atoms with Crippen molar-refractivity contribution in [3.8, 4) is 0 Å². The molecule has 12 rings (SSSR count). The molecule has 2 N–H and O–H groups in total. The van der Waals surface area contributed by atoms with Crippen molar-refractivity contribution >= 4 is 67.2 Å². The van der Waals surface area contributed by atoms with Gasteiger partial charge in [-0.2, -0.15) is 9.59 Å². The van der Waals surface area contributed by atoms with E-state index in [1.165, 1.54) is 103 Å². The van der Waals surface area contributed by atoms with E-state index in [0.717, 1.165) is 35.0 Å². The predicted octanol–water partition coefficient (Wildman–Crippen LogP) is 9.91. The number of piperidine rings is 6. The minimum atomic E-state index is 0. The molecule has 4 aromatic rings. The summed E-state index contributed by atoms with van der Waals surface area (Å²) in [6, 6.07) is 18.1. The zero-order valence-corrected chi connectivity index (χ0v) is 33.7. The van der Waals surface area contributed by atoms with Gasteiger partial charge in [0.2, 0.25) is 0 Å². The van der Waals surface area contributed by atoms with E-state index in [1.54, 1.807) is 16.9 Å². The number of halogens is 1. The summed E-state index contributed by atoms with van der Waals surface area (Å²) >= 11 is 3.63. The maximum absolute atomic E-state index is 13.1. The zero-order chi connectivity index (χ0) is 35.9. The molecule has 8 fully saturated rings. The quantitative estimate of drug-likeness (QED) is 0.204. The van der Waals surface area contributed by atoms with Crippen LogP contribution in [-0.4, -0.2) is 65.0 Å². The number of benzene rings is 2. The summed E-state index contributed by atoms with van der Waals surface area (Å²) in [4.78, 5) is 35.5. The smallest absolute Gasteiger partial charge is 0.326 e. The maximum Gasteiger partial charge on any atom is 0.373 e. The lowest BCUT2D eigenvalue weighted by molar-refractivity contribution is -0.191. The van der Waals surface area contributed by atoms with Crippen LogP contribution in [0, 0.1) is 17.8 Å². The first-order valence-electron chi connectivity index (χ1n) is 19.3. The van der Waals surface area contributed by atoms with Gasteiger partial charge >= 0.3 is 6.15 Å². The molecule has 8 aliphatic rings. The van der Waals surface area contributed by atoms with Crippen LogP contribution in [0.2, 0.25) is 0 Å². The Morgan fingerprint density at radius 2 is 1.27 bits per heavy atom. The SMILES string of the molecule is CC1(C)[C@H](CC(=O)c2cc3cccc(C4CC4)c3s2)C2CCN1CC2.CC1(C)[C@H](N)C2CCN1CC2.Cl.O=C=O.c1cc(C2CC2)c2sccc2c1. The van der Waals surface area contributed by atoms with E-state index in [-0.39, 0.29) is 29.6 Å². The summed E-state index contributed by atoms with van der Waals surface area (Å²) in [5.41, 5.74) is 9.66. The first-order valence-corrected chi connectivity index (χ1v) is 21.0. The molecule has 0 radical (unpaired) electrons. The summed E-state index contributed by atoms with van der Waals surface area (Å²) in [6.07, 6.45) is 11.6. The van der Waals surface area contributed by atoms with Crippen LogP contribution < -0.4 is 5.73 Å². The van der Waals surface area contributed by atoms with Crippen LogP contribution in [0.5, 0.6) is 0 Å². The molecule has 2 saturated carbocycles. The van der Waals surface area contributed by atoms with Gasteiger partial charge in [-0.05, 0) is 174 Å². The van der Waals surface area contributed by atoms with Gasteiger partial charge in [0.1, 0.15) is 0 Å². The van der Waals surface area contributed by atoms with Crippen molar-refractivity contribution in [1.29, 1.82) is 0 Å². The second kappa shape index (κ2) is 16.1. The largest absolute Gasteiger partial charge is 0.373 e. The minimum absolute atomic E-state index is 0. The predicted molar refractivity (Wildman–Crippen MR) is 217 cm³/mol. The van der Waals surface area contributed by atoms with Crippen molar-refractivity contribution in [3.63, 3.8) is 0 Å². The Bertz CT molecular complexity index is 1870. The van der Waals surface area contributed by atoms with E-state index >= 15 is 0 Å². The number of nitrogens with zero attached hydrogens (tertiary/aromatic N) is 2. The zero-order valence-electron chi connectivity index (χ0n) is 31.3. The van der Waals surface area contributed by atoms with Gasteiger partial charge < -0.3 is 5.73 Å². The molecule has 2 aliphatic carbocycles. The van der Waals surface area contributed by atoms with E-state index in [4.69, 9.17) is 15.3 Å². The van der Waals surface area contributed by atoms with Crippen molar-refractivity contribution in [2.75, 3.05) is 26.2 Å². The first-order chi connectivity index (χ1) is 24.5.